The molecule has 152 valence electrons. The zero-order chi connectivity index (χ0) is 19.4. The number of thiazole rings is 1. The number of carbonyl (C=O) groups is 1. The molecule has 1 aromatic carbocycles. The Morgan fingerprint density at radius 2 is 1.89 bits per heavy atom. The number of likely N-dealkylation sites (N-methyl/N-ethyl adjacent to an activating group) is 1. The number of aromatic nitrogens is 1. The van der Waals surface area contributed by atoms with Crippen LogP contribution in [0, 0.1) is 0 Å². The third kappa shape index (κ3) is 5.24. The van der Waals surface area contributed by atoms with Crippen molar-refractivity contribution < 1.29 is 9.53 Å². The fourth-order valence-corrected chi connectivity index (χ4v) is 5.07. The van der Waals surface area contributed by atoms with Gasteiger partial charge in [-0.15, -0.1) is 23.7 Å². The van der Waals surface area contributed by atoms with Crippen LogP contribution in [0.5, 0.6) is 5.75 Å². The lowest BCUT2D eigenvalue weighted by Gasteiger charge is -2.24. The smallest absolute Gasteiger partial charge is 0.270 e. The number of carbonyl (C=O) groups excluding carboxylic acids is 1. The van der Waals surface area contributed by atoms with E-state index in [0.717, 1.165) is 44.5 Å². The molecule has 0 saturated heterocycles. The molecule has 0 N–H and O–H groups in total. The molecular formula is C19H23BrClN3O2S2. The van der Waals surface area contributed by atoms with Gasteiger partial charge in [-0.1, -0.05) is 25.2 Å². The monoisotopic (exact) mass is 503 g/mol. The van der Waals surface area contributed by atoms with E-state index in [1.165, 1.54) is 22.7 Å². The molecular weight excluding hydrogens is 482 g/mol. The second kappa shape index (κ2) is 10.5. The lowest BCUT2D eigenvalue weighted by molar-refractivity contribution is 0.0987. The van der Waals surface area contributed by atoms with Crippen LogP contribution >= 0.6 is 51.0 Å². The number of nitrogens with zero attached hydrogens (tertiary/aromatic N) is 3. The third-order valence-corrected chi connectivity index (χ3v) is 7.05. The Labute approximate surface area is 187 Å². The topological polar surface area (TPSA) is 45.7 Å². The Bertz CT molecular complexity index is 927. The van der Waals surface area contributed by atoms with Gasteiger partial charge in [0.05, 0.1) is 26.0 Å². The number of thiophene rings is 1. The Morgan fingerprint density at radius 1 is 1.14 bits per heavy atom. The first-order valence-electron chi connectivity index (χ1n) is 8.79. The average molecular weight is 505 g/mol. The van der Waals surface area contributed by atoms with E-state index >= 15 is 0 Å². The number of hydrogen-bond acceptors (Lipinski definition) is 6. The number of halogens is 2. The molecule has 0 fully saturated rings. The molecule has 0 radical (unpaired) electrons. The van der Waals surface area contributed by atoms with Crippen LogP contribution in [0.15, 0.2) is 34.1 Å². The second-order valence-electron chi connectivity index (χ2n) is 5.92. The lowest BCUT2D eigenvalue weighted by Crippen LogP contribution is -2.38. The van der Waals surface area contributed by atoms with Gasteiger partial charge < -0.3 is 9.64 Å². The van der Waals surface area contributed by atoms with E-state index in [4.69, 9.17) is 9.72 Å². The van der Waals surface area contributed by atoms with Crippen LogP contribution < -0.4 is 9.64 Å². The summed E-state index contributed by atoms with van der Waals surface area (Å²) in [5, 5.41) is 0.722. The van der Waals surface area contributed by atoms with Gasteiger partial charge in [0.2, 0.25) is 0 Å². The van der Waals surface area contributed by atoms with Crippen LogP contribution in [-0.4, -0.2) is 49.1 Å². The molecule has 3 aromatic rings. The summed E-state index contributed by atoms with van der Waals surface area (Å²) >= 11 is 6.43. The number of anilines is 1. The van der Waals surface area contributed by atoms with E-state index in [2.05, 4.69) is 34.7 Å². The van der Waals surface area contributed by atoms with Gasteiger partial charge in [-0.05, 0) is 53.3 Å². The van der Waals surface area contributed by atoms with E-state index in [1.54, 1.807) is 12.0 Å². The summed E-state index contributed by atoms with van der Waals surface area (Å²) in [6.45, 7) is 7.60. The molecule has 0 aliphatic carbocycles. The van der Waals surface area contributed by atoms with Crippen LogP contribution in [0.25, 0.3) is 10.2 Å². The Balaban J connectivity index is 0.00000280. The lowest BCUT2D eigenvalue weighted by atomic mass is 10.3. The molecule has 0 aliphatic rings. The number of fused-ring (bicyclic) bond motifs is 1. The first kappa shape index (κ1) is 23.1. The summed E-state index contributed by atoms with van der Waals surface area (Å²) in [7, 11) is 1.64. The number of methoxy groups -OCH3 is 1. The van der Waals surface area contributed by atoms with E-state index in [1.807, 2.05) is 30.3 Å². The molecule has 0 unspecified atom stereocenters. The molecule has 9 heteroatoms. The number of ether oxygens (including phenoxy) is 1. The molecule has 2 aromatic heterocycles. The fourth-order valence-electron chi connectivity index (χ4n) is 2.77. The van der Waals surface area contributed by atoms with Crippen LogP contribution in [-0.2, 0) is 0 Å². The van der Waals surface area contributed by atoms with Gasteiger partial charge in [0.25, 0.3) is 5.91 Å². The van der Waals surface area contributed by atoms with E-state index in [-0.39, 0.29) is 18.3 Å². The van der Waals surface area contributed by atoms with Gasteiger partial charge in [-0.25, -0.2) is 4.98 Å². The number of hydrogen-bond donors (Lipinski definition) is 0. The minimum Gasteiger partial charge on any atom is -0.497 e. The summed E-state index contributed by atoms with van der Waals surface area (Å²) in [6.07, 6.45) is 0. The molecule has 1 amide bonds. The Kier molecular flexibility index (Phi) is 8.70. The van der Waals surface area contributed by atoms with E-state index in [0.29, 0.717) is 11.4 Å². The van der Waals surface area contributed by atoms with Gasteiger partial charge in [-0.2, -0.15) is 0 Å². The van der Waals surface area contributed by atoms with Gasteiger partial charge in [0.15, 0.2) is 5.13 Å². The van der Waals surface area contributed by atoms with Crippen molar-refractivity contribution in [1.29, 1.82) is 0 Å². The molecule has 3 rings (SSSR count). The molecule has 0 bridgehead atoms. The summed E-state index contributed by atoms with van der Waals surface area (Å²) in [5.74, 6) is 0.756. The summed E-state index contributed by atoms with van der Waals surface area (Å²) < 4.78 is 7.28. The van der Waals surface area contributed by atoms with Gasteiger partial charge in [-0.3, -0.25) is 9.69 Å². The first-order chi connectivity index (χ1) is 13.0. The zero-order valence-electron chi connectivity index (χ0n) is 16.0. The van der Waals surface area contributed by atoms with Crippen LogP contribution in [0.1, 0.15) is 23.5 Å². The minimum absolute atomic E-state index is 0. The van der Waals surface area contributed by atoms with E-state index in [9.17, 15) is 4.79 Å². The maximum Gasteiger partial charge on any atom is 0.270 e. The fraction of sp³-hybridized carbons (Fsp3) is 0.368. The van der Waals surface area contributed by atoms with Crippen molar-refractivity contribution in [3.63, 3.8) is 0 Å². The van der Waals surface area contributed by atoms with Crippen molar-refractivity contribution in [3.8, 4) is 5.75 Å². The third-order valence-electron chi connectivity index (χ3n) is 4.38. The van der Waals surface area contributed by atoms with Crippen molar-refractivity contribution in [1.82, 2.24) is 9.88 Å². The standard InChI is InChI=1S/C19H22BrN3O2S2.ClH/c1-4-22(5-2)10-11-23(18(24)16-8-9-17(20)26-16)19-21-14-12-13(25-3)6-7-15(14)27-19;/h6-9,12H,4-5,10-11H2,1-3H3;1H. The predicted octanol–water partition coefficient (Wildman–Crippen LogP) is 5.54. The Hall–Kier alpha value is -1.19. The molecule has 28 heavy (non-hydrogen) atoms. The predicted molar refractivity (Wildman–Crippen MR) is 125 cm³/mol. The van der Waals surface area contributed by atoms with Crippen molar-refractivity contribution in [3.05, 3.63) is 39.0 Å². The summed E-state index contributed by atoms with van der Waals surface area (Å²) in [5.41, 5.74) is 0.849. The van der Waals surface area contributed by atoms with Crippen LogP contribution in [0.2, 0.25) is 0 Å². The highest BCUT2D eigenvalue weighted by molar-refractivity contribution is 9.11. The molecule has 0 saturated carbocycles. The normalized spacial score (nSPS) is 10.9. The molecule has 0 aliphatic heterocycles. The quantitative estimate of drug-likeness (QED) is 0.404. The van der Waals surface area contributed by atoms with Crippen molar-refractivity contribution in [2.75, 3.05) is 38.2 Å². The van der Waals surface area contributed by atoms with E-state index < -0.39 is 0 Å². The number of rotatable bonds is 8. The molecule has 5 nitrogen and oxygen atoms in total. The highest BCUT2D eigenvalue weighted by Crippen LogP contribution is 2.33. The first-order valence-corrected chi connectivity index (χ1v) is 11.2. The van der Waals surface area contributed by atoms with Gasteiger partial charge in [0.1, 0.15) is 5.75 Å². The summed E-state index contributed by atoms with van der Waals surface area (Å²) in [4.78, 5) is 22.7. The molecule has 0 atom stereocenters. The zero-order valence-corrected chi connectivity index (χ0v) is 20.0. The minimum atomic E-state index is -0.0103. The Morgan fingerprint density at radius 3 is 2.50 bits per heavy atom. The SMILES string of the molecule is CCN(CC)CCN(C(=O)c1ccc(Br)s1)c1nc2cc(OC)ccc2s1.Cl. The molecule has 2 heterocycles. The van der Waals surface area contributed by atoms with Gasteiger partial charge in [0, 0.05) is 19.2 Å². The van der Waals surface area contributed by atoms with Gasteiger partial charge >= 0.3 is 0 Å². The van der Waals surface area contributed by atoms with Crippen molar-refractivity contribution >= 4 is 72.3 Å². The highest BCUT2D eigenvalue weighted by atomic mass is 79.9. The molecule has 0 spiro atoms. The van der Waals surface area contributed by atoms with Crippen LogP contribution in [0.4, 0.5) is 5.13 Å². The van der Waals surface area contributed by atoms with Crippen molar-refractivity contribution in [2.45, 2.75) is 13.8 Å². The largest absolute Gasteiger partial charge is 0.497 e. The summed E-state index contributed by atoms with van der Waals surface area (Å²) in [6, 6.07) is 9.58. The average Bonchev–Trinajstić information content (AvgIpc) is 3.30. The van der Waals surface area contributed by atoms with Crippen molar-refractivity contribution in [2.24, 2.45) is 0 Å². The number of amides is 1. The highest BCUT2D eigenvalue weighted by Gasteiger charge is 2.23. The maximum atomic E-state index is 13.2. The number of benzene rings is 1. The van der Waals surface area contributed by atoms with Crippen LogP contribution in [0.3, 0.4) is 0 Å². The maximum absolute atomic E-state index is 13.2. The second-order valence-corrected chi connectivity index (χ2v) is 9.39.